The Balaban J connectivity index is 1.45. The number of ether oxygens (including phenoxy) is 2. The molecule has 1 amide bonds. The summed E-state index contributed by atoms with van der Waals surface area (Å²) in [6, 6.07) is 5.37. The highest BCUT2D eigenvalue weighted by molar-refractivity contribution is 5.80. The van der Waals surface area contributed by atoms with E-state index in [4.69, 9.17) is 9.47 Å². The van der Waals surface area contributed by atoms with Crippen molar-refractivity contribution in [3.63, 3.8) is 0 Å². The van der Waals surface area contributed by atoms with Crippen molar-refractivity contribution in [2.75, 3.05) is 6.61 Å². The van der Waals surface area contributed by atoms with Crippen molar-refractivity contribution in [3.05, 3.63) is 35.6 Å². The first-order valence-electron chi connectivity index (χ1n) is 8.90. The first kappa shape index (κ1) is 16.9. The molecule has 6 unspecified atom stereocenters. The lowest BCUT2D eigenvalue weighted by molar-refractivity contribution is -0.158. The number of fused-ring (bicyclic) bond motifs is 5. The highest BCUT2D eigenvalue weighted by Gasteiger charge is 2.61. The molecule has 3 aliphatic rings. The van der Waals surface area contributed by atoms with Crippen LogP contribution in [0.25, 0.3) is 0 Å². The van der Waals surface area contributed by atoms with Gasteiger partial charge in [-0.2, -0.15) is 0 Å². The molecular formula is C19H24FNO4. The van der Waals surface area contributed by atoms with Gasteiger partial charge in [-0.05, 0) is 56.2 Å². The van der Waals surface area contributed by atoms with Crippen LogP contribution in [0, 0.1) is 23.6 Å². The maximum absolute atomic E-state index is 13.4. The van der Waals surface area contributed by atoms with Gasteiger partial charge >= 0.3 is 0 Å². The molecule has 2 aliphatic carbocycles. The van der Waals surface area contributed by atoms with E-state index in [2.05, 4.69) is 5.32 Å². The Morgan fingerprint density at radius 2 is 2.12 bits per heavy atom. The Morgan fingerprint density at radius 1 is 1.36 bits per heavy atom. The molecule has 1 aromatic rings. The Hall–Kier alpha value is -1.50. The van der Waals surface area contributed by atoms with Gasteiger partial charge in [0.25, 0.3) is 0 Å². The van der Waals surface area contributed by atoms with Crippen molar-refractivity contribution >= 4 is 5.91 Å². The zero-order valence-corrected chi connectivity index (χ0v) is 14.4. The summed E-state index contributed by atoms with van der Waals surface area (Å²) in [5, 5.41) is 12.5. The summed E-state index contributed by atoms with van der Waals surface area (Å²) in [6.45, 7) is 3.55. The quantitative estimate of drug-likeness (QED) is 0.874. The smallest absolute Gasteiger partial charge is 0.224 e. The zero-order chi connectivity index (χ0) is 17.8. The molecule has 2 N–H and O–H groups in total. The van der Waals surface area contributed by atoms with Gasteiger partial charge < -0.3 is 19.9 Å². The van der Waals surface area contributed by atoms with Gasteiger partial charge in [-0.25, -0.2) is 4.39 Å². The molecule has 1 aromatic carbocycles. The highest BCUT2D eigenvalue weighted by Crippen LogP contribution is 2.55. The molecule has 6 atom stereocenters. The van der Waals surface area contributed by atoms with Crippen molar-refractivity contribution in [2.45, 2.75) is 50.7 Å². The highest BCUT2D eigenvalue weighted by atomic mass is 19.1. The third-order valence-corrected chi connectivity index (χ3v) is 5.79. The second kappa shape index (κ2) is 6.04. The number of halogens is 1. The van der Waals surface area contributed by atoms with Crippen LogP contribution in [0.4, 0.5) is 4.39 Å². The average Bonchev–Trinajstić information content (AvgIpc) is 3.20. The molecule has 2 saturated carbocycles. The standard InChI is InChI=1S/C19H24FNO4/c1-19(2)24-16-11-7-13(17(16)25-19)14(8-11)18(23)21-15(9-22)10-4-3-5-12(20)6-10/h3-6,11,13-17,22H,7-9H2,1-2H3,(H,21,23). The third-order valence-electron chi connectivity index (χ3n) is 5.79. The van der Waals surface area contributed by atoms with E-state index in [1.165, 1.54) is 12.1 Å². The average molecular weight is 349 g/mol. The van der Waals surface area contributed by atoms with Crippen LogP contribution in [-0.2, 0) is 14.3 Å². The van der Waals surface area contributed by atoms with Gasteiger partial charge in [0.05, 0.1) is 24.9 Å². The van der Waals surface area contributed by atoms with E-state index in [1.54, 1.807) is 12.1 Å². The van der Waals surface area contributed by atoms with Crippen molar-refractivity contribution in [3.8, 4) is 0 Å². The predicted octanol–water partition coefficient (Wildman–Crippen LogP) is 2.15. The predicted molar refractivity (Wildman–Crippen MR) is 87.9 cm³/mol. The second-order valence-electron chi connectivity index (χ2n) is 7.87. The fourth-order valence-electron chi connectivity index (χ4n) is 4.79. The zero-order valence-electron chi connectivity index (χ0n) is 14.4. The van der Waals surface area contributed by atoms with Crippen LogP contribution in [0.15, 0.2) is 24.3 Å². The maximum Gasteiger partial charge on any atom is 0.224 e. The van der Waals surface area contributed by atoms with E-state index in [0.29, 0.717) is 11.5 Å². The van der Waals surface area contributed by atoms with E-state index in [0.717, 1.165) is 12.8 Å². The minimum atomic E-state index is -0.602. The summed E-state index contributed by atoms with van der Waals surface area (Å²) < 4.78 is 25.4. The van der Waals surface area contributed by atoms with Crippen LogP contribution in [-0.4, -0.2) is 35.6 Å². The molecule has 6 heteroatoms. The minimum Gasteiger partial charge on any atom is -0.394 e. The minimum absolute atomic E-state index is 0.0359. The fraction of sp³-hybridized carbons (Fsp3) is 0.632. The molecule has 25 heavy (non-hydrogen) atoms. The first-order chi connectivity index (χ1) is 11.9. The fourth-order valence-corrected chi connectivity index (χ4v) is 4.79. The number of hydrogen-bond donors (Lipinski definition) is 2. The summed E-state index contributed by atoms with van der Waals surface area (Å²) in [5.74, 6) is -0.731. The Labute approximate surface area is 146 Å². The second-order valence-corrected chi connectivity index (χ2v) is 7.87. The van der Waals surface area contributed by atoms with Gasteiger partial charge in [0, 0.05) is 5.92 Å². The summed E-state index contributed by atoms with van der Waals surface area (Å²) in [4.78, 5) is 12.8. The van der Waals surface area contributed by atoms with Crippen molar-refractivity contribution in [1.82, 2.24) is 5.32 Å². The normalized spacial score (nSPS) is 36.2. The summed E-state index contributed by atoms with van der Waals surface area (Å²) in [7, 11) is 0. The van der Waals surface area contributed by atoms with Crippen molar-refractivity contribution in [1.29, 1.82) is 0 Å². The van der Waals surface area contributed by atoms with Gasteiger partial charge in [-0.3, -0.25) is 4.79 Å². The van der Waals surface area contributed by atoms with E-state index in [1.807, 2.05) is 13.8 Å². The largest absolute Gasteiger partial charge is 0.394 e. The van der Waals surface area contributed by atoms with Crippen LogP contribution in [0.5, 0.6) is 0 Å². The molecule has 0 spiro atoms. The molecule has 2 bridgehead atoms. The number of benzene rings is 1. The molecule has 0 radical (unpaired) electrons. The topological polar surface area (TPSA) is 67.8 Å². The van der Waals surface area contributed by atoms with E-state index in [9.17, 15) is 14.3 Å². The van der Waals surface area contributed by atoms with Gasteiger partial charge in [-0.15, -0.1) is 0 Å². The molecule has 1 saturated heterocycles. The monoisotopic (exact) mass is 349 g/mol. The Bertz CT molecular complexity index is 679. The van der Waals surface area contributed by atoms with Crippen molar-refractivity contribution < 1.29 is 23.8 Å². The van der Waals surface area contributed by atoms with Gasteiger partial charge in [0.1, 0.15) is 5.82 Å². The summed E-state index contributed by atoms with van der Waals surface area (Å²) in [6.07, 6.45) is 1.76. The van der Waals surface area contributed by atoms with Crippen molar-refractivity contribution in [2.24, 2.45) is 17.8 Å². The van der Waals surface area contributed by atoms with Crippen LogP contribution in [0.3, 0.4) is 0 Å². The lowest BCUT2D eigenvalue weighted by atomic mass is 9.84. The molecule has 4 rings (SSSR count). The molecule has 5 nitrogen and oxygen atoms in total. The lowest BCUT2D eigenvalue weighted by Crippen LogP contribution is -2.43. The molecule has 0 aromatic heterocycles. The lowest BCUT2D eigenvalue weighted by Gasteiger charge is -2.29. The third kappa shape index (κ3) is 2.96. The summed E-state index contributed by atoms with van der Waals surface area (Å²) in [5.41, 5.74) is 0.568. The summed E-state index contributed by atoms with van der Waals surface area (Å²) >= 11 is 0. The molecule has 136 valence electrons. The first-order valence-corrected chi connectivity index (χ1v) is 8.90. The maximum atomic E-state index is 13.4. The number of rotatable bonds is 4. The SMILES string of the molecule is CC1(C)OC2C3CC(C(=O)NC(CO)c4cccc(F)c4)C(C3)C2O1. The van der Waals surface area contributed by atoms with Gasteiger partial charge in [0.2, 0.25) is 5.91 Å². The van der Waals surface area contributed by atoms with Crippen LogP contribution in [0.2, 0.25) is 0 Å². The van der Waals surface area contributed by atoms with Crippen LogP contribution < -0.4 is 5.32 Å². The number of nitrogens with one attached hydrogen (secondary N) is 1. The van der Waals surface area contributed by atoms with Gasteiger partial charge in [-0.1, -0.05) is 12.1 Å². The molecule has 1 heterocycles. The number of carbonyl (C=O) groups excluding carboxylic acids is 1. The Kier molecular flexibility index (Phi) is 4.09. The molecule has 1 aliphatic heterocycles. The van der Waals surface area contributed by atoms with E-state index in [-0.39, 0.29) is 42.4 Å². The van der Waals surface area contributed by atoms with E-state index >= 15 is 0 Å². The number of aliphatic hydroxyl groups is 1. The van der Waals surface area contributed by atoms with Crippen LogP contribution in [0.1, 0.15) is 38.3 Å². The molecular weight excluding hydrogens is 325 g/mol. The number of carbonyl (C=O) groups is 1. The van der Waals surface area contributed by atoms with Gasteiger partial charge in [0.15, 0.2) is 5.79 Å². The number of hydrogen-bond acceptors (Lipinski definition) is 4. The molecule has 3 fully saturated rings. The number of aliphatic hydroxyl groups excluding tert-OH is 1. The number of amides is 1. The van der Waals surface area contributed by atoms with Crippen LogP contribution >= 0.6 is 0 Å². The Morgan fingerprint density at radius 3 is 2.84 bits per heavy atom. The van der Waals surface area contributed by atoms with E-state index < -0.39 is 11.8 Å².